The fourth-order valence-electron chi connectivity index (χ4n) is 2.31. The third-order valence-corrected chi connectivity index (χ3v) is 3.84. The zero-order chi connectivity index (χ0) is 13.6. The highest BCUT2D eigenvalue weighted by atomic mass is 16.5. The van der Waals surface area contributed by atoms with Gasteiger partial charge in [-0.05, 0) is 37.0 Å². The molecular formula is C14H28N2O2. The number of nitrogens with two attached hydrogens (primary N) is 1. The molecule has 1 saturated carbocycles. The fourth-order valence-corrected chi connectivity index (χ4v) is 2.31. The number of ether oxygens (including phenoxy) is 1. The highest BCUT2D eigenvalue weighted by molar-refractivity contribution is 5.78. The molecule has 0 aliphatic heterocycles. The average Bonchev–Trinajstić information content (AvgIpc) is 3.11. The molecule has 1 aliphatic rings. The monoisotopic (exact) mass is 256 g/mol. The van der Waals surface area contributed by atoms with Crippen LogP contribution in [0.3, 0.4) is 0 Å². The van der Waals surface area contributed by atoms with Gasteiger partial charge in [-0.3, -0.25) is 4.79 Å². The van der Waals surface area contributed by atoms with Gasteiger partial charge in [0, 0.05) is 26.8 Å². The highest BCUT2D eigenvalue weighted by Crippen LogP contribution is 2.48. The van der Waals surface area contributed by atoms with E-state index in [1.54, 1.807) is 7.11 Å². The van der Waals surface area contributed by atoms with Crippen LogP contribution in [0.1, 0.15) is 39.5 Å². The summed E-state index contributed by atoms with van der Waals surface area (Å²) in [4.78, 5) is 12.0. The van der Waals surface area contributed by atoms with Gasteiger partial charge in [-0.2, -0.15) is 0 Å². The molecule has 1 aliphatic carbocycles. The van der Waals surface area contributed by atoms with E-state index in [4.69, 9.17) is 10.5 Å². The SMILES string of the molecule is COCCC1(CNC(=O)C(CN)CC(C)C)CC1. The van der Waals surface area contributed by atoms with Crippen molar-refractivity contribution in [2.45, 2.75) is 39.5 Å². The topological polar surface area (TPSA) is 64.3 Å². The number of carbonyl (C=O) groups excluding carboxylic acids is 1. The summed E-state index contributed by atoms with van der Waals surface area (Å²) < 4.78 is 5.11. The van der Waals surface area contributed by atoms with Crippen molar-refractivity contribution in [3.05, 3.63) is 0 Å². The van der Waals surface area contributed by atoms with E-state index in [1.165, 1.54) is 12.8 Å². The average molecular weight is 256 g/mol. The van der Waals surface area contributed by atoms with Crippen molar-refractivity contribution in [1.82, 2.24) is 5.32 Å². The van der Waals surface area contributed by atoms with Gasteiger partial charge in [-0.25, -0.2) is 0 Å². The summed E-state index contributed by atoms with van der Waals surface area (Å²) in [5.41, 5.74) is 5.98. The molecule has 0 aromatic carbocycles. The van der Waals surface area contributed by atoms with E-state index >= 15 is 0 Å². The lowest BCUT2D eigenvalue weighted by molar-refractivity contribution is -0.125. The van der Waals surface area contributed by atoms with E-state index in [-0.39, 0.29) is 11.8 Å². The predicted molar refractivity (Wildman–Crippen MR) is 73.2 cm³/mol. The quantitative estimate of drug-likeness (QED) is 0.657. The normalized spacial score (nSPS) is 18.7. The first-order valence-corrected chi connectivity index (χ1v) is 7.00. The standard InChI is InChI=1S/C14H28N2O2/c1-11(2)8-12(9-15)13(17)16-10-14(4-5-14)6-7-18-3/h11-12H,4-10,15H2,1-3H3,(H,16,17). The lowest BCUT2D eigenvalue weighted by Crippen LogP contribution is -2.39. The van der Waals surface area contributed by atoms with Gasteiger partial charge in [-0.15, -0.1) is 0 Å². The number of methoxy groups -OCH3 is 1. The molecule has 1 rings (SSSR count). The zero-order valence-corrected chi connectivity index (χ0v) is 12.0. The van der Waals surface area contributed by atoms with Crippen LogP contribution in [-0.2, 0) is 9.53 Å². The summed E-state index contributed by atoms with van der Waals surface area (Å²) in [5, 5.41) is 3.08. The van der Waals surface area contributed by atoms with Crippen molar-refractivity contribution in [2.75, 3.05) is 26.8 Å². The Labute approximate surface area is 111 Å². The van der Waals surface area contributed by atoms with Gasteiger partial charge >= 0.3 is 0 Å². The van der Waals surface area contributed by atoms with Crippen LogP contribution in [0, 0.1) is 17.3 Å². The van der Waals surface area contributed by atoms with Crippen LogP contribution >= 0.6 is 0 Å². The molecule has 1 fully saturated rings. The summed E-state index contributed by atoms with van der Waals surface area (Å²) in [5.74, 6) is 0.589. The predicted octanol–water partition coefficient (Wildman–Crippen LogP) is 1.54. The van der Waals surface area contributed by atoms with E-state index < -0.39 is 0 Å². The zero-order valence-electron chi connectivity index (χ0n) is 12.0. The third-order valence-electron chi connectivity index (χ3n) is 3.84. The van der Waals surface area contributed by atoms with Gasteiger partial charge in [0.25, 0.3) is 0 Å². The molecule has 4 heteroatoms. The molecule has 0 spiro atoms. The first kappa shape index (κ1) is 15.4. The Bertz CT molecular complexity index is 263. The molecule has 106 valence electrons. The lowest BCUT2D eigenvalue weighted by atomic mass is 9.95. The molecule has 1 unspecified atom stereocenters. The van der Waals surface area contributed by atoms with E-state index in [0.717, 1.165) is 26.0 Å². The van der Waals surface area contributed by atoms with Gasteiger partial charge in [-0.1, -0.05) is 13.8 Å². The summed E-state index contributed by atoms with van der Waals surface area (Å²) >= 11 is 0. The first-order valence-electron chi connectivity index (χ1n) is 7.00. The summed E-state index contributed by atoms with van der Waals surface area (Å²) in [6, 6.07) is 0. The van der Waals surface area contributed by atoms with Crippen molar-refractivity contribution < 1.29 is 9.53 Å². The van der Waals surface area contributed by atoms with Crippen molar-refractivity contribution in [1.29, 1.82) is 0 Å². The maximum Gasteiger partial charge on any atom is 0.224 e. The van der Waals surface area contributed by atoms with Crippen LogP contribution in [0.2, 0.25) is 0 Å². The number of hydrogen-bond acceptors (Lipinski definition) is 3. The van der Waals surface area contributed by atoms with E-state index in [9.17, 15) is 4.79 Å². The largest absolute Gasteiger partial charge is 0.385 e. The molecule has 0 radical (unpaired) electrons. The van der Waals surface area contributed by atoms with Crippen LogP contribution in [0.5, 0.6) is 0 Å². The van der Waals surface area contributed by atoms with Crippen molar-refractivity contribution in [3.8, 4) is 0 Å². The van der Waals surface area contributed by atoms with Crippen molar-refractivity contribution >= 4 is 5.91 Å². The number of hydrogen-bond donors (Lipinski definition) is 2. The number of rotatable bonds is 9. The Hall–Kier alpha value is -0.610. The Balaban J connectivity index is 2.31. The molecule has 0 saturated heterocycles. The first-order chi connectivity index (χ1) is 8.53. The van der Waals surface area contributed by atoms with Crippen LogP contribution in [0.4, 0.5) is 0 Å². The number of nitrogens with one attached hydrogen (secondary N) is 1. The van der Waals surface area contributed by atoms with Gasteiger partial charge in [0.2, 0.25) is 5.91 Å². The van der Waals surface area contributed by atoms with Crippen LogP contribution in [-0.4, -0.2) is 32.7 Å². The van der Waals surface area contributed by atoms with Gasteiger partial charge in [0.05, 0.1) is 5.92 Å². The van der Waals surface area contributed by atoms with Crippen LogP contribution < -0.4 is 11.1 Å². The Morgan fingerprint density at radius 3 is 2.56 bits per heavy atom. The Morgan fingerprint density at radius 1 is 1.44 bits per heavy atom. The Morgan fingerprint density at radius 2 is 2.11 bits per heavy atom. The molecule has 4 nitrogen and oxygen atoms in total. The maximum absolute atomic E-state index is 12.0. The van der Waals surface area contributed by atoms with E-state index in [1.807, 2.05) is 0 Å². The van der Waals surface area contributed by atoms with Gasteiger partial charge < -0.3 is 15.8 Å². The number of carbonyl (C=O) groups is 1. The van der Waals surface area contributed by atoms with Gasteiger partial charge in [0.1, 0.15) is 0 Å². The number of amides is 1. The minimum Gasteiger partial charge on any atom is -0.385 e. The van der Waals surface area contributed by atoms with Crippen LogP contribution in [0.15, 0.2) is 0 Å². The molecule has 1 amide bonds. The molecule has 0 heterocycles. The fraction of sp³-hybridized carbons (Fsp3) is 0.929. The molecule has 0 bridgehead atoms. The third kappa shape index (κ3) is 4.94. The lowest BCUT2D eigenvalue weighted by Gasteiger charge is -2.20. The molecule has 0 aromatic rings. The van der Waals surface area contributed by atoms with Crippen LogP contribution in [0.25, 0.3) is 0 Å². The minimum atomic E-state index is -0.0387. The van der Waals surface area contributed by atoms with Gasteiger partial charge in [0.15, 0.2) is 0 Å². The molecule has 18 heavy (non-hydrogen) atoms. The second-order valence-electron chi connectivity index (χ2n) is 6.02. The molecular weight excluding hydrogens is 228 g/mol. The summed E-state index contributed by atoms with van der Waals surface area (Å²) in [6.07, 6.45) is 4.32. The summed E-state index contributed by atoms with van der Waals surface area (Å²) in [7, 11) is 1.72. The summed E-state index contributed by atoms with van der Waals surface area (Å²) in [6.45, 7) is 6.24. The van der Waals surface area contributed by atoms with Crippen molar-refractivity contribution in [3.63, 3.8) is 0 Å². The van der Waals surface area contributed by atoms with E-state index in [0.29, 0.717) is 17.9 Å². The maximum atomic E-state index is 12.0. The minimum absolute atomic E-state index is 0.0387. The molecule has 3 N–H and O–H groups in total. The Kier molecular flexibility index (Phi) is 6.09. The second kappa shape index (κ2) is 7.10. The second-order valence-corrected chi connectivity index (χ2v) is 6.02. The van der Waals surface area contributed by atoms with E-state index in [2.05, 4.69) is 19.2 Å². The molecule has 1 atom stereocenters. The van der Waals surface area contributed by atoms with Crippen molar-refractivity contribution in [2.24, 2.45) is 23.0 Å². The smallest absolute Gasteiger partial charge is 0.224 e. The highest BCUT2D eigenvalue weighted by Gasteiger charge is 2.42. The molecule has 0 aromatic heterocycles.